The number of amides is 1. The number of methoxy groups -OCH3 is 1. The van der Waals surface area contributed by atoms with Crippen molar-refractivity contribution in [1.82, 2.24) is 4.31 Å². The molecule has 0 fully saturated rings. The van der Waals surface area contributed by atoms with Gasteiger partial charge in [-0.1, -0.05) is 19.9 Å². The van der Waals surface area contributed by atoms with E-state index in [1.54, 1.807) is 13.8 Å². The number of hydrogen-bond acceptors (Lipinski definition) is 5. The minimum atomic E-state index is -3.73. The maximum Gasteiger partial charge on any atom is 0.387 e. The maximum absolute atomic E-state index is 12.6. The van der Waals surface area contributed by atoms with E-state index in [2.05, 4.69) is 10.1 Å². The molecule has 0 aliphatic rings. The van der Waals surface area contributed by atoms with E-state index in [0.717, 1.165) is 0 Å². The van der Waals surface area contributed by atoms with E-state index < -0.39 is 22.5 Å². The van der Waals surface area contributed by atoms with Crippen LogP contribution < -0.4 is 14.8 Å². The van der Waals surface area contributed by atoms with Crippen molar-refractivity contribution >= 4 is 21.6 Å². The summed E-state index contributed by atoms with van der Waals surface area (Å²) in [4.78, 5) is 12.5. The number of carbonyl (C=O) groups excluding carboxylic acids is 1. The van der Waals surface area contributed by atoms with Crippen LogP contribution in [0.25, 0.3) is 0 Å². The summed E-state index contributed by atoms with van der Waals surface area (Å²) in [5.41, 5.74) is 0.286. The Hall–Kier alpha value is -2.72. The van der Waals surface area contributed by atoms with Gasteiger partial charge in [-0.05, 0) is 30.3 Å². The molecule has 29 heavy (non-hydrogen) atoms. The van der Waals surface area contributed by atoms with Crippen LogP contribution in [0.3, 0.4) is 0 Å². The molecule has 0 aromatic heterocycles. The number of ether oxygens (including phenoxy) is 2. The fourth-order valence-corrected chi connectivity index (χ4v) is 4.16. The number of alkyl halides is 2. The lowest BCUT2D eigenvalue weighted by Crippen LogP contribution is -2.30. The molecule has 0 bridgehead atoms. The molecule has 0 atom stereocenters. The van der Waals surface area contributed by atoms with Crippen molar-refractivity contribution in [1.29, 1.82) is 0 Å². The Morgan fingerprint density at radius 3 is 2.38 bits per heavy atom. The van der Waals surface area contributed by atoms with Gasteiger partial charge in [-0.3, -0.25) is 4.79 Å². The number of hydrogen-bond donors (Lipinski definition) is 1. The molecule has 0 unspecified atom stereocenters. The number of rotatable bonds is 9. The van der Waals surface area contributed by atoms with Crippen LogP contribution in [0.4, 0.5) is 14.5 Å². The molecule has 2 aromatic carbocycles. The number of halogens is 2. The zero-order valence-electron chi connectivity index (χ0n) is 16.2. The molecule has 7 nitrogen and oxygen atoms in total. The van der Waals surface area contributed by atoms with Gasteiger partial charge in [0.2, 0.25) is 10.0 Å². The highest BCUT2D eigenvalue weighted by Crippen LogP contribution is 2.31. The van der Waals surface area contributed by atoms with Crippen LogP contribution in [-0.2, 0) is 10.0 Å². The average molecular weight is 428 g/mol. The monoisotopic (exact) mass is 428 g/mol. The molecular formula is C19H22F2N2O5S. The molecule has 2 aromatic rings. The van der Waals surface area contributed by atoms with Crippen molar-refractivity contribution in [2.75, 3.05) is 25.5 Å². The molecule has 0 saturated carbocycles. The fraction of sp³-hybridized carbons (Fsp3) is 0.316. The standard InChI is InChI=1S/C19H22F2N2O5S/c1-4-23(5-2)29(25,26)15-8-6-7-13(11-15)18(24)22-14-9-10-16(27-3)17(12-14)28-19(20)21/h6-12,19H,4-5H2,1-3H3,(H,22,24). The predicted molar refractivity (Wildman–Crippen MR) is 104 cm³/mol. The summed E-state index contributed by atoms with van der Waals surface area (Å²) in [6.07, 6.45) is 0. The van der Waals surface area contributed by atoms with Crippen molar-refractivity contribution in [3.8, 4) is 11.5 Å². The van der Waals surface area contributed by atoms with Gasteiger partial charge in [0.05, 0.1) is 12.0 Å². The second kappa shape index (κ2) is 9.66. The highest BCUT2D eigenvalue weighted by Gasteiger charge is 2.22. The Kier molecular flexibility index (Phi) is 7.52. The average Bonchev–Trinajstić information content (AvgIpc) is 2.68. The molecule has 0 saturated heterocycles. The molecule has 158 valence electrons. The van der Waals surface area contributed by atoms with Gasteiger partial charge in [0, 0.05) is 30.4 Å². The summed E-state index contributed by atoms with van der Waals surface area (Å²) < 4.78 is 61.0. The van der Waals surface area contributed by atoms with E-state index in [1.807, 2.05) is 0 Å². The van der Waals surface area contributed by atoms with Crippen LogP contribution in [0.1, 0.15) is 24.2 Å². The third kappa shape index (κ3) is 5.42. The van der Waals surface area contributed by atoms with E-state index in [9.17, 15) is 22.0 Å². The molecule has 0 aliphatic carbocycles. The van der Waals surface area contributed by atoms with E-state index in [-0.39, 0.29) is 27.6 Å². The van der Waals surface area contributed by atoms with Crippen molar-refractivity contribution < 1.29 is 31.5 Å². The molecule has 1 amide bonds. The number of carbonyl (C=O) groups is 1. The van der Waals surface area contributed by atoms with Gasteiger partial charge in [-0.15, -0.1) is 0 Å². The Morgan fingerprint density at radius 2 is 1.79 bits per heavy atom. The van der Waals surface area contributed by atoms with E-state index in [4.69, 9.17) is 4.74 Å². The van der Waals surface area contributed by atoms with Gasteiger partial charge in [-0.2, -0.15) is 13.1 Å². The Bertz CT molecular complexity index is 963. The van der Waals surface area contributed by atoms with Crippen LogP contribution in [0.15, 0.2) is 47.4 Å². The van der Waals surface area contributed by atoms with Gasteiger partial charge >= 0.3 is 6.61 Å². The second-order valence-electron chi connectivity index (χ2n) is 5.82. The SMILES string of the molecule is CCN(CC)S(=O)(=O)c1cccc(C(=O)Nc2ccc(OC)c(OC(F)F)c2)c1. The largest absolute Gasteiger partial charge is 0.493 e. The van der Waals surface area contributed by atoms with Gasteiger partial charge in [0.25, 0.3) is 5.91 Å². The second-order valence-corrected chi connectivity index (χ2v) is 7.75. The summed E-state index contributed by atoms with van der Waals surface area (Å²) in [5, 5.41) is 2.53. The molecule has 2 rings (SSSR count). The molecule has 0 radical (unpaired) electrons. The van der Waals surface area contributed by atoms with E-state index in [0.29, 0.717) is 13.1 Å². The molecule has 1 N–H and O–H groups in total. The molecular weight excluding hydrogens is 406 g/mol. The normalized spacial score (nSPS) is 11.6. The van der Waals surface area contributed by atoms with E-state index >= 15 is 0 Å². The number of nitrogens with zero attached hydrogens (tertiary/aromatic N) is 1. The third-order valence-electron chi connectivity index (χ3n) is 4.08. The number of anilines is 1. The Labute approximate surface area is 168 Å². The number of sulfonamides is 1. The van der Waals surface area contributed by atoms with Crippen LogP contribution in [0.5, 0.6) is 11.5 Å². The lowest BCUT2D eigenvalue weighted by Gasteiger charge is -2.18. The summed E-state index contributed by atoms with van der Waals surface area (Å²) in [5.74, 6) is -0.761. The first-order valence-electron chi connectivity index (χ1n) is 8.77. The van der Waals surface area contributed by atoms with Crippen LogP contribution in [-0.4, -0.2) is 45.4 Å². The summed E-state index contributed by atoms with van der Waals surface area (Å²) in [6.45, 7) is 0.986. The molecule has 0 heterocycles. The molecule has 0 spiro atoms. The smallest absolute Gasteiger partial charge is 0.387 e. The minimum Gasteiger partial charge on any atom is -0.493 e. The van der Waals surface area contributed by atoms with Crippen molar-refractivity contribution in [2.24, 2.45) is 0 Å². The summed E-state index contributed by atoms with van der Waals surface area (Å²) in [6, 6.07) is 9.61. The number of benzene rings is 2. The van der Waals surface area contributed by atoms with Crippen molar-refractivity contribution in [2.45, 2.75) is 25.4 Å². The van der Waals surface area contributed by atoms with Gasteiger partial charge in [-0.25, -0.2) is 8.42 Å². The predicted octanol–water partition coefficient (Wildman–Crippen LogP) is 3.58. The highest BCUT2D eigenvalue weighted by molar-refractivity contribution is 7.89. The lowest BCUT2D eigenvalue weighted by atomic mass is 10.2. The summed E-state index contributed by atoms with van der Waals surface area (Å²) in [7, 11) is -2.43. The van der Waals surface area contributed by atoms with Gasteiger partial charge < -0.3 is 14.8 Å². The zero-order chi connectivity index (χ0) is 21.6. The van der Waals surface area contributed by atoms with Gasteiger partial charge in [0.15, 0.2) is 11.5 Å². The van der Waals surface area contributed by atoms with Crippen LogP contribution in [0.2, 0.25) is 0 Å². The number of nitrogens with one attached hydrogen (secondary N) is 1. The first-order valence-corrected chi connectivity index (χ1v) is 10.2. The topological polar surface area (TPSA) is 84.9 Å². The van der Waals surface area contributed by atoms with E-state index in [1.165, 1.54) is 53.9 Å². The maximum atomic E-state index is 12.6. The third-order valence-corrected chi connectivity index (χ3v) is 6.12. The Balaban J connectivity index is 2.28. The Morgan fingerprint density at radius 1 is 1.10 bits per heavy atom. The van der Waals surface area contributed by atoms with Crippen LogP contribution >= 0.6 is 0 Å². The zero-order valence-corrected chi connectivity index (χ0v) is 17.0. The quantitative estimate of drug-likeness (QED) is 0.660. The van der Waals surface area contributed by atoms with Crippen molar-refractivity contribution in [3.05, 3.63) is 48.0 Å². The van der Waals surface area contributed by atoms with Gasteiger partial charge in [0.1, 0.15) is 0 Å². The van der Waals surface area contributed by atoms with Crippen LogP contribution in [0, 0.1) is 0 Å². The summed E-state index contributed by atoms with van der Waals surface area (Å²) >= 11 is 0. The highest BCUT2D eigenvalue weighted by atomic mass is 32.2. The molecule has 0 aliphatic heterocycles. The minimum absolute atomic E-state index is 0.00898. The first-order chi connectivity index (χ1) is 13.7. The van der Waals surface area contributed by atoms with Crippen molar-refractivity contribution in [3.63, 3.8) is 0 Å². The fourth-order valence-electron chi connectivity index (χ4n) is 2.66. The first kappa shape index (κ1) is 22.6. The molecule has 10 heteroatoms. The lowest BCUT2D eigenvalue weighted by molar-refractivity contribution is -0.0511.